The maximum Gasteiger partial charge on any atom is 0.134 e. The van der Waals surface area contributed by atoms with E-state index in [0.29, 0.717) is 29.8 Å². The lowest BCUT2D eigenvalue weighted by Crippen LogP contribution is -2.25. The Hall–Kier alpha value is -1.88. The molecule has 0 aliphatic carbocycles. The van der Waals surface area contributed by atoms with Crippen molar-refractivity contribution in [2.45, 2.75) is 19.9 Å². The van der Waals surface area contributed by atoms with Crippen LogP contribution in [0, 0.1) is 30.2 Å². The van der Waals surface area contributed by atoms with Crippen molar-refractivity contribution in [3.8, 4) is 0 Å². The number of benzene rings is 2. The van der Waals surface area contributed by atoms with Gasteiger partial charge in [0.1, 0.15) is 23.3 Å². The zero-order valence-corrected chi connectivity index (χ0v) is 11.7. The lowest BCUT2D eigenvalue weighted by atomic mass is 9.94. The van der Waals surface area contributed by atoms with Crippen molar-refractivity contribution >= 4 is 0 Å². The number of aryl methyl sites for hydroxylation is 1. The summed E-state index contributed by atoms with van der Waals surface area (Å²) >= 11 is 0. The molecule has 0 bridgehead atoms. The van der Waals surface area contributed by atoms with Gasteiger partial charge in [0.2, 0.25) is 0 Å². The fourth-order valence-electron chi connectivity index (χ4n) is 2.32. The van der Waals surface area contributed by atoms with Crippen LogP contribution < -0.4 is 5.32 Å². The second-order valence-electron chi connectivity index (χ2n) is 4.77. The normalized spacial score (nSPS) is 12.5. The first-order valence-corrected chi connectivity index (χ1v) is 6.58. The Morgan fingerprint density at radius 3 is 2.14 bits per heavy atom. The third-order valence-electron chi connectivity index (χ3n) is 3.29. The smallest absolute Gasteiger partial charge is 0.134 e. The van der Waals surface area contributed by atoms with Crippen LogP contribution in [-0.4, -0.2) is 6.54 Å². The third kappa shape index (κ3) is 3.24. The Morgan fingerprint density at radius 2 is 1.57 bits per heavy atom. The van der Waals surface area contributed by atoms with E-state index in [9.17, 15) is 17.6 Å². The van der Waals surface area contributed by atoms with Crippen LogP contribution in [0.4, 0.5) is 17.6 Å². The van der Waals surface area contributed by atoms with E-state index >= 15 is 0 Å². The molecule has 0 fully saturated rings. The van der Waals surface area contributed by atoms with Crippen LogP contribution in [0.3, 0.4) is 0 Å². The molecule has 0 aliphatic heterocycles. The maximum atomic E-state index is 14.0. The molecule has 21 heavy (non-hydrogen) atoms. The Balaban J connectivity index is 2.61. The van der Waals surface area contributed by atoms with E-state index in [2.05, 4.69) is 5.32 Å². The van der Waals surface area contributed by atoms with Gasteiger partial charge in [-0.15, -0.1) is 0 Å². The number of nitrogens with one attached hydrogen (secondary N) is 1. The van der Waals surface area contributed by atoms with Gasteiger partial charge in [0.05, 0.1) is 6.04 Å². The molecule has 2 aromatic rings. The van der Waals surface area contributed by atoms with Gasteiger partial charge in [-0.1, -0.05) is 13.0 Å². The van der Waals surface area contributed by atoms with Crippen molar-refractivity contribution in [1.82, 2.24) is 5.32 Å². The number of halogens is 4. The molecule has 0 aliphatic rings. The summed E-state index contributed by atoms with van der Waals surface area (Å²) in [5, 5.41) is 2.92. The topological polar surface area (TPSA) is 12.0 Å². The molecule has 0 radical (unpaired) electrons. The molecule has 1 atom stereocenters. The van der Waals surface area contributed by atoms with Crippen molar-refractivity contribution < 1.29 is 17.6 Å². The molecule has 2 aromatic carbocycles. The summed E-state index contributed by atoms with van der Waals surface area (Å²) in [4.78, 5) is 0. The summed E-state index contributed by atoms with van der Waals surface area (Å²) in [6.45, 7) is 3.90. The number of hydrogen-bond acceptors (Lipinski definition) is 1. The summed E-state index contributed by atoms with van der Waals surface area (Å²) in [5.74, 6) is -3.48. The van der Waals surface area contributed by atoms with E-state index in [1.165, 1.54) is 18.2 Å². The van der Waals surface area contributed by atoms with Crippen molar-refractivity contribution in [2.75, 3.05) is 6.54 Å². The first-order chi connectivity index (χ1) is 9.93. The Bertz CT molecular complexity index is 632. The average molecular weight is 297 g/mol. The number of hydrogen-bond donors (Lipinski definition) is 1. The fraction of sp³-hybridized carbons (Fsp3) is 0.250. The Morgan fingerprint density at radius 1 is 0.952 bits per heavy atom. The Labute approximate surface area is 120 Å². The fourth-order valence-corrected chi connectivity index (χ4v) is 2.32. The standard InChI is InChI=1S/C16H15F4N/c1-3-21-16(12-6-10(17)5-4-9(12)2)15-13(19)7-11(18)8-14(15)20/h4-8,16,21H,3H2,1-2H3. The van der Waals surface area contributed by atoms with Crippen LogP contribution in [0.2, 0.25) is 0 Å². The zero-order valence-electron chi connectivity index (χ0n) is 11.7. The minimum absolute atomic E-state index is 0.313. The summed E-state index contributed by atoms with van der Waals surface area (Å²) in [7, 11) is 0. The molecule has 0 heterocycles. The second-order valence-corrected chi connectivity index (χ2v) is 4.77. The lowest BCUT2D eigenvalue weighted by molar-refractivity contribution is 0.490. The van der Waals surface area contributed by atoms with E-state index in [1.54, 1.807) is 13.8 Å². The van der Waals surface area contributed by atoms with Crippen molar-refractivity contribution in [2.24, 2.45) is 0 Å². The molecule has 0 saturated heterocycles. The van der Waals surface area contributed by atoms with Gasteiger partial charge in [0.25, 0.3) is 0 Å². The van der Waals surface area contributed by atoms with Crippen molar-refractivity contribution in [1.29, 1.82) is 0 Å². The van der Waals surface area contributed by atoms with Gasteiger partial charge in [0, 0.05) is 17.7 Å². The molecule has 112 valence electrons. The van der Waals surface area contributed by atoms with Crippen LogP contribution in [0.1, 0.15) is 29.7 Å². The predicted octanol–water partition coefficient (Wildman–Crippen LogP) is 4.25. The van der Waals surface area contributed by atoms with Crippen molar-refractivity contribution in [3.63, 3.8) is 0 Å². The summed E-state index contributed by atoms with van der Waals surface area (Å²) in [6, 6.07) is 4.40. The lowest BCUT2D eigenvalue weighted by Gasteiger charge is -2.22. The summed E-state index contributed by atoms with van der Waals surface area (Å²) in [5.41, 5.74) is 0.790. The first kappa shape index (κ1) is 15.5. The van der Waals surface area contributed by atoms with Gasteiger partial charge in [-0.3, -0.25) is 0 Å². The van der Waals surface area contributed by atoms with E-state index in [0.717, 1.165) is 0 Å². The van der Waals surface area contributed by atoms with Crippen LogP contribution in [0.25, 0.3) is 0 Å². The predicted molar refractivity (Wildman–Crippen MR) is 73.0 cm³/mol. The van der Waals surface area contributed by atoms with Gasteiger partial charge in [-0.05, 0) is 36.7 Å². The van der Waals surface area contributed by atoms with Crippen LogP contribution >= 0.6 is 0 Å². The largest absolute Gasteiger partial charge is 0.306 e. The molecule has 5 heteroatoms. The van der Waals surface area contributed by atoms with E-state index < -0.39 is 29.3 Å². The van der Waals surface area contributed by atoms with Gasteiger partial charge in [-0.25, -0.2) is 17.6 Å². The zero-order chi connectivity index (χ0) is 15.6. The minimum atomic E-state index is -0.998. The SMILES string of the molecule is CCNC(c1cc(F)ccc1C)c1c(F)cc(F)cc1F. The number of rotatable bonds is 4. The Kier molecular flexibility index (Phi) is 4.63. The highest BCUT2D eigenvalue weighted by Crippen LogP contribution is 2.30. The molecular weight excluding hydrogens is 282 g/mol. The maximum absolute atomic E-state index is 14.0. The van der Waals surface area contributed by atoms with Gasteiger partial charge < -0.3 is 5.32 Å². The highest BCUT2D eigenvalue weighted by atomic mass is 19.1. The third-order valence-corrected chi connectivity index (χ3v) is 3.29. The molecule has 2 rings (SSSR count). The first-order valence-electron chi connectivity index (χ1n) is 6.58. The average Bonchev–Trinajstić information content (AvgIpc) is 2.39. The van der Waals surface area contributed by atoms with Gasteiger partial charge in [0.15, 0.2) is 0 Å². The van der Waals surface area contributed by atoms with E-state index in [1.807, 2.05) is 0 Å². The highest BCUT2D eigenvalue weighted by Gasteiger charge is 2.24. The molecule has 1 N–H and O–H groups in total. The van der Waals surface area contributed by atoms with Gasteiger partial charge >= 0.3 is 0 Å². The second kappa shape index (κ2) is 6.26. The molecule has 0 spiro atoms. The van der Waals surface area contributed by atoms with Crippen molar-refractivity contribution in [3.05, 3.63) is 70.3 Å². The quantitative estimate of drug-likeness (QED) is 0.832. The molecule has 0 saturated carbocycles. The molecular formula is C16H15F4N. The van der Waals surface area contributed by atoms with Crippen LogP contribution in [-0.2, 0) is 0 Å². The molecule has 0 amide bonds. The summed E-state index contributed by atoms with van der Waals surface area (Å²) < 4.78 is 54.5. The van der Waals surface area contributed by atoms with Crippen LogP contribution in [0.5, 0.6) is 0 Å². The highest BCUT2D eigenvalue weighted by molar-refractivity contribution is 5.38. The molecule has 1 unspecified atom stereocenters. The molecule has 0 aromatic heterocycles. The minimum Gasteiger partial charge on any atom is -0.306 e. The van der Waals surface area contributed by atoms with E-state index in [-0.39, 0.29) is 5.56 Å². The van der Waals surface area contributed by atoms with Crippen LogP contribution in [0.15, 0.2) is 30.3 Å². The van der Waals surface area contributed by atoms with E-state index in [4.69, 9.17) is 0 Å². The van der Waals surface area contributed by atoms with Gasteiger partial charge in [-0.2, -0.15) is 0 Å². The summed E-state index contributed by atoms with van der Waals surface area (Å²) in [6.07, 6.45) is 0. The monoisotopic (exact) mass is 297 g/mol. The molecule has 1 nitrogen and oxygen atoms in total.